The van der Waals surface area contributed by atoms with Crippen LogP contribution in [0.15, 0.2) is 58.6 Å². The van der Waals surface area contributed by atoms with Crippen LogP contribution >= 0.6 is 0 Å². The summed E-state index contributed by atoms with van der Waals surface area (Å²) in [6.07, 6.45) is 7.12. The summed E-state index contributed by atoms with van der Waals surface area (Å²) in [5.41, 5.74) is 2.07. The number of rotatable bonds is 8. The lowest BCUT2D eigenvalue weighted by atomic mass is 9.45. The number of anilines is 1. The summed E-state index contributed by atoms with van der Waals surface area (Å²) in [6.45, 7) is 12.3. The van der Waals surface area contributed by atoms with E-state index in [4.69, 9.17) is 14.7 Å². The van der Waals surface area contributed by atoms with Gasteiger partial charge >= 0.3 is 0 Å². The fraction of sp³-hybridized carbons (Fsp3) is 0.514. The topological polar surface area (TPSA) is 112 Å². The summed E-state index contributed by atoms with van der Waals surface area (Å²) in [5.74, 6) is 3.79. The molecule has 0 amide bonds. The SMILES string of the molecule is CC[C@H]1CN(C(=N[C@H]2C[C@H]3C[C@@H]([C@@H]2C)C3(C)C)Nc2ccc3c(=O)n(CCc4ccc(OC)cc4F)c(-c4ncc[nH]4)nc3c2)CCN1. The first kappa shape index (κ1) is 32.3. The van der Waals surface area contributed by atoms with E-state index < -0.39 is 0 Å². The molecule has 254 valence electrons. The number of H-pyrrole nitrogens is 1. The van der Waals surface area contributed by atoms with E-state index in [9.17, 15) is 9.18 Å². The largest absolute Gasteiger partial charge is 0.497 e. The van der Waals surface area contributed by atoms with E-state index in [1.165, 1.54) is 19.6 Å². The third-order valence-electron chi connectivity index (χ3n) is 11.4. The maximum absolute atomic E-state index is 14.8. The minimum Gasteiger partial charge on any atom is -0.497 e. The van der Waals surface area contributed by atoms with Crippen molar-refractivity contribution < 1.29 is 9.13 Å². The van der Waals surface area contributed by atoms with Crippen molar-refractivity contribution in [3.05, 3.63) is 70.5 Å². The third kappa shape index (κ3) is 5.97. The summed E-state index contributed by atoms with van der Waals surface area (Å²) >= 11 is 0. The van der Waals surface area contributed by atoms with Gasteiger partial charge in [0.2, 0.25) is 0 Å². The molecule has 0 radical (unpaired) electrons. The molecule has 2 aromatic heterocycles. The van der Waals surface area contributed by atoms with E-state index in [2.05, 4.69) is 53.2 Å². The van der Waals surface area contributed by atoms with E-state index in [1.54, 1.807) is 29.1 Å². The summed E-state index contributed by atoms with van der Waals surface area (Å²) in [5, 5.41) is 7.80. The predicted octanol–water partition coefficient (Wildman–Crippen LogP) is 5.70. The molecule has 8 rings (SSSR count). The molecule has 5 atom stereocenters. The summed E-state index contributed by atoms with van der Waals surface area (Å²) in [4.78, 5) is 34.3. The van der Waals surface area contributed by atoms with Gasteiger partial charge in [-0.05, 0) is 78.7 Å². The zero-order valence-electron chi connectivity index (χ0n) is 28.6. The molecule has 3 saturated carbocycles. The first-order chi connectivity index (χ1) is 23.2. The minimum absolute atomic E-state index is 0.202. The van der Waals surface area contributed by atoms with Crippen molar-refractivity contribution in [2.45, 2.75) is 72.0 Å². The highest BCUT2D eigenvalue weighted by molar-refractivity contribution is 5.96. The number of hydrogen-bond donors (Lipinski definition) is 3. The average Bonchev–Trinajstić information content (AvgIpc) is 3.63. The molecule has 4 aliphatic rings. The van der Waals surface area contributed by atoms with Gasteiger partial charge in [-0.1, -0.05) is 33.8 Å². The van der Waals surface area contributed by atoms with Gasteiger partial charge in [-0.2, -0.15) is 0 Å². The zero-order chi connectivity index (χ0) is 33.6. The number of fused-ring (bicyclic) bond motifs is 3. The van der Waals surface area contributed by atoms with Crippen molar-refractivity contribution in [1.29, 1.82) is 0 Å². The molecule has 10 nitrogen and oxygen atoms in total. The lowest BCUT2D eigenvalue weighted by Gasteiger charge is -2.61. The molecule has 1 saturated heterocycles. The number of nitrogens with one attached hydrogen (secondary N) is 3. The Morgan fingerprint density at radius 1 is 1.21 bits per heavy atom. The van der Waals surface area contributed by atoms with Crippen LogP contribution in [0.4, 0.5) is 10.1 Å². The van der Waals surface area contributed by atoms with Gasteiger partial charge in [-0.15, -0.1) is 0 Å². The highest BCUT2D eigenvalue weighted by atomic mass is 19.1. The second kappa shape index (κ2) is 13.0. The molecule has 3 N–H and O–H groups in total. The second-order valence-corrected chi connectivity index (χ2v) is 14.4. The van der Waals surface area contributed by atoms with E-state index in [0.29, 0.717) is 69.5 Å². The number of aromatic amines is 1. The Morgan fingerprint density at radius 2 is 2.06 bits per heavy atom. The van der Waals surface area contributed by atoms with E-state index in [0.717, 1.165) is 44.1 Å². The molecule has 11 heteroatoms. The van der Waals surface area contributed by atoms with Crippen LogP contribution < -0.4 is 20.9 Å². The van der Waals surface area contributed by atoms with E-state index in [-0.39, 0.29) is 24.0 Å². The van der Waals surface area contributed by atoms with Crippen LogP contribution in [0.25, 0.3) is 22.6 Å². The van der Waals surface area contributed by atoms with Crippen LogP contribution in [0.1, 0.15) is 52.5 Å². The lowest BCUT2D eigenvalue weighted by molar-refractivity contribution is -0.108. The Morgan fingerprint density at radius 3 is 2.77 bits per heavy atom. The minimum atomic E-state index is -0.373. The number of ether oxygens (including phenoxy) is 1. The van der Waals surface area contributed by atoms with Crippen molar-refractivity contribution >= 4 is 22.5 Å². The van der Waals surface area contributed by atoms with Crippen molar-refractivity contribution in [1.82, 2.24) is 29.7 Å². The maximum Gasteiger partial charge on any atom is 0.261 e. The number of halogens is 1. The van der Waals surface area contributed by atoms with Gasteiger partial charge in [0, 0.05) is 56.4 Å². The molecule has 1 aliphatic heterocycles. The van der Waals surface area contributed by atoms with Crippen LogP contribution in [0.5, 0.6) is 5.75 Å². The second-order valence-electron chi connectivity index (χ2n) is 14.4. The Hall–Kier alpha value is -4.25. The number of aliphatic imine (C=N–C) groups is 1. The highest BCUT2D eigenvalue weighted by Gasteiger charge is 2.56. The van der Waals surface area contributed by atoms with Gasteiger partial charge in [0.25, 0.3) is 5.56 Å². The fourth-order valence-electron chi connectivity index (χ4n) is 8.23. The number of benzene rings is 2. The van der Waals surface area contributed by atoms with Gasteiger partial charge in [0.15, 0.2) is 17.6 Å². The molecule has 3 aliphatic carbocycles. The van der Waals surface area contributed by atoms with Gasteiger partial charge in [-0.25, -0.2) is 19.4 Å². The standard InChI is InChI=1S/C37H47FN8O2/c1-6-25-21-45(16-14-39-25)36(44-31-18-24-17-29(22(31)2)37(24,3)4)42-26-8-10-28-32(19-26)43-34(33-40-12-13-41-33)46(35(28)47)15-11-23-7-9-27(48-5)20-30(23)38/h7-10,12-13,19-20,22,24-25,29,31,39H,6,11,14-18,21H2,1-5H3,(H,40,41)(H,42,44)/t22-,24+,25-,29-,31-/m0/s1. The van der Waals surface area contributed by atoms with Crippen LogP contribution in [0, 0.1) is 29.0 Å². The molecular formula is C37H47FN8O2. The van der Waals surface area contributed by atoms with Crippen molar-refractivity contribution in [3.8, 4) is 17.4 Å². The van der Waals surface area contributed by atoms with E-state index >= 15 is 0 Å². The van der Waals surface area contributed by atoms with Gasteiger partial charge in [0.1, 0.15) is 11.6 Å². The number of methoxy groups -OCH3 is 1. The molecule has 2 aromatic carbocycles. The summed E-state index contributed by atoms with van der Waals surface area (Å²) < 4.78 is 21.5. The number of piperazine rings is 1. The first-order valence-corrected chi connectivity index (χ1v) is 17.4. The number of aryl methyl sites for hydroxylation is 1. The van der Waals surface area contributed by atoms with Crippen LogP contribution in [-0.2, 0) is 13.0 Å². The molecule has 0 spiro atoms. The molecule has 4 fully saturated rings. The van der Waals surface area contributed by atoms with Crippen molar-refractivity contribution in [2.75, 3.05) is 32.1 Å². The van der Waals surface area contributed by atoms with Crippen LogP contribution in [0.2, 0.25) is 0 Å². The van der Waals surface area contributed by atoms with Crippen molar-refractivity contribution in [3.63, 3.8) is 0 Å². The monoisotopic (exact) mass is 654 g/mol. The van der Waals surface area contributed by atoms with Crippen LogP contribution in [-0.4, -0.2) is 69.2 Å². The Kier molecular flexibility index (Phi) is 8.74. The molecule has 2 bridgehead atoms. The number of nitrogens with zero attached hydrogens (tertiary/aromatic N) is 5. The smallest absolute Gasteiger partial charge is 0.261 e. The number of hydrogen-bond acceptors (Lipinski definition) is 6. The summed E-state index contributed by atoms with van der Waals surface area (Å²) in [6, 6.07) is 11.1. The predicted molar refractivity (Wildman–Crippen MR) is 188 cm³/mol. The Bertz CT molecular complexity index is 1870. The Balaban J connectivity index is 1.22. The quantitative estimate of drug-likeness (QED) is 0.165. The fourth-order valence-corrected chi connectivity index (χ4v) is 8.23. The molecule has 4 aromatic rings. The number of imidazole rings is 1. The normalized spacial score (nSPS) is 25.2. The van der Waals surface area contributed by atoms with Crippen molar-refractivity contribution in [2.24, 2.45) is 28.2 Å². The van der Waals surface area contributed by atoms with Gasteiger partial charge in [-0.3, -0.25) is 9.36 Å². The van der Waals surface area contributed by atoms with Gasteiger partial charge < -0.3 is 25.3 Å². The molecule has 3 heterocycles. The molecule has 48 heavy (non-hydrogen) atoms. The summed E-state index contributed by atoms with van der Waals surface area (Å²) in [7, 11) is 1.51. The maximum atomic E-state index is 14.8. The van der Waals surface area contributed by atoms with Crippen LogP contribution in [0.3, 0.4) is 0 Å². The third-order valence-corrected chi connectivity index (χ3v) is 11.4. The molecule has 0 unspecified atom stereocenters. The van der Waals surface area contributed by atoms with E-state index in [1.807, 2.05) is 18.2 Å². The zero-order valence-corrected chi connectivity index (χ0v) is 28.6. The molecular weight excluding hydrogens is 607 g/mol. The first-order valence-electron chi connectivity index (χ1n) is 17.4. The van der Waals surface area contributed by atoms with Gasteiger partial charge in [0.05, 0.1) is 24.1 Å². The highest BCUT2D eigenvalue weighted by Crippen LogP contribution is 2.61. The number of aromatic nitrogens is 4. The Labute approximate surface area is 281 Å². The number of guanidine groups is 1. The lowest BCUT2D eigenvalue weighted by Crippen LogP contribution is -2.57. The average molecular weight is 655 g/mol.